The fraction of sp³-hybridized carbons (Fsp3) is 0.312. The number of fused-ring (bicyclic) bond motifs is 1. The molecule has 0 amide bonds. The zero-order valence-electron chi connectivity index (χ0n) is 12.8. The number of rotatable bonds is 3. The monoisotopic (exact) mass is 332 g/mol. The maximum atomic E-state index is 13.5. The van der Waals surface area contributed by atoms with Crippen molar-refractivity contribution in [2.24, 2.45) is 7.05 Å². The number of nitrogens with zero attached hydrogens (tertiary/aromatic N) is 3. The number of hydrogen-bond donors (Lipinski definition) is 1. The van der Waals surface area contributed by atoms with Crippen LogP contribution in [0, 0.1) is 11.6 Å². The molecule has 0 spiro atoms. The van der Waals surface area contributed by atoms with Gasteiger partial charge in [-0.3, -0.25) is 14.0 Å². The number of aryl methyl sites for hydroxylation is 1. The van der Waals surface area contributed by atoms with Crippen molar-refractivity contribution in [3.8, 4) is 0 Å². The molecule has 1 saturated carbocycles. The minimum Gasteiger partial charge on any atom is -0.307 e. The molecular formula is C16H14F2N4O2. The van der Waals surface area contributed by atoms with Crippen molar-refractivity contribution in [3.63, 3.8) is 0 Å². The van der Waals surface area contributed by atoms with E-state index >= 15 is 0 Å². The Balaban J connectivity index is 1.86. The van der Waals surface area contributed by atoms with Gasteiger partial charge in [0, 0.05) is 37.0 Å². The van der Waals surface area contributed by atoms with Crippen molar-refractivity contribution in [1.82, 2.24) is 19.3 Å². The molecule has 1 aliphatic rings. The minimum atomic E-state index is -1.12. The smallest absolute Gasteiger partial charge is 0.307 e. The summed E-state index contributed by atoms with van der Waals surface area (Å²) in [4.78, 5) is 27.3. The third-order valence-corrected chi connectivity index (χ3v) is 4.70. The van der Waals surface area contributed by atoms with E-state index in [-0.39, 0.29) is 22.9 Å². The Hall–Kier alpha value is -2.77. The van der Waals surface area contributed by atoms with Gasteiger partial charge >= 0.3 is 5.69 Å². The van der Waals surface area contributed by atoms with Gasteiger partial charge in [0.15, 0.2) is 11.6 Å². The summed E-state index contributed by atoms with van der Waals surface area (Å²) in [6.45, 7) is 0.176. The summed E-state index contributed by atoms with van der Waals surface area (Å²) in [5.41, 5.74) is -0.647. The molecule has 3 aromatic rings. The van der Waals surface area contributed by atoms with E-state index in [1.54, 1.807) is 17.9 Å². The molecule has 2 heterocycles. The summed E-state index contributed by atoms with van der Waals surface area (Å²) in [5, 5.41) is 4.09. The molecule has 0 atom stereocenters. The topological polar surface area (TPSA) is 72.7 Å². The predicted octanol–water partition coefficient (Wildman–Crippen LogP) is 1.43. The highest BCUT2D eigenvalue weighted by Crippen LogP contribution is 2.48. The van der Waals surface area contributed by atoms with E-state index in [1.807, 2.05) is 6.07 Å². The van der Waals surface area contributed by atoms with Gasteiger partial charge in [-0.2, -0.15) is 5.10 Å². The van der Waals surface area contributed by atoms with Crippen LogP contribution in [0.1, 0.15) is 18.5 Å². The Morgan fingerprint density at radius 2 is 1.96 bits per heavy atom. The Labute approximate surface area is 134 Å². The van der Waals surface area contributed by atoms with Crippen LogP contribution in [0.15, 0.2) is 34.0 Å². The molecule has 0 saturated heterocycles. The first kappa shape index (κ1) is 14.8. The molecule has 0 bridgehead atoms. The quantitative estimate of drug-likeness (QED) is 0.789. The summed E-state index contributed by atoms with van der Waals surface area (Å²) in [6, 6.07) is 3.51. The van der Waals surface area contributed by atoms with Crippen LogP contribution in [0.3, 0.4) is 0 Å². The normalized spacial score (nSPS) is 15.8. The van der Waals surface area contributed by atoms with Gasteiger partial charge in [0.05, 0.1) is 10.9 Å². The van der Waals surface area contributed by atoms with Gasteiger partial charge in [-0.05, 0) is 25.0 Å². The molecule has 1 N–H and O–H groups in total. The first-order valence-electron chi connectivity index (χ1n) is 7.52. The zero-order valence-corrected chi connectivity index (χ0v) is 12.8. The molecule has 0 radical (unpaired) electrons. The number of benzene rings is 1. The molecule has 1 aromatic carbocycles. The number of aromatic amines is 1. The lowest BCUT2D eigenvalue weighted by Crippen LogP contribution is -2.39. The first-order valence-corrected chi connectivity index (χ1v) is 7.52. The van der Waals surface area contributed by atoms with Gasteiger partial charge in [0.25, 0.3) is 5.56 Å². The number of nitrogens with one attached hydrogen (secondary N) is 1. The van der Waals surface area contributed by atoms with Crippen LogP contribution in [-0.4, -0.2) is 19.3 Å². The van der Waals surface area contributed by atoms with Crippen molar-refractivity contribution >= 4 is 10.9 Å². The van der Waals surface area contributed by atoms with Crippen LogP contribution in [0.5, 0.6) is 0 Å². The van der Waals surface area contributed by atoms with Gasteiger partial charge < -0.3 is 4.98 Å². The van der Waals surface area contributed by atoms with Crippen LogP contribution in [0.2, 0.25) is 0 Å². The van der Waals surface area contributed by atoms with Crippen molar-refractivity contribution in [2.45, 2.75) is 24.8 Å². The van der Waals surface area contributed by atoms with Gasteiger partial charge in [-0.15, -0.1) is 0 Å². The van der Waals surface area contributed by atoms with E-state index < -0.39 is 22.9 Å². The Kier molecular flexibility index (Phi) is 3.00. The molecule has 1 aliphatic carbocycles. The van der Waals surface area contributed by atoms with E-state index in [9.17, 15) is 18.4 Å². The zero-order chi connectivity index (χ0) is 17.1. The van der Waals surface area contributed by atoms with E-state index in [0.717, 1.165) is 35.2 Å². The highest BCUT2D eigenvalue weighted by atomic mass is 19.2. The van der Waals surface area contributed by atoms with Gasteiger partial charge in [-0.1, -0.05) is 0 Å². The number of halogens is 2. The highest BCUT2D eigenvalue weighted by Gasteiger charge is 2.47. The van der Waals surface area contributed by atoms with Crippen LogP contribution >= 0.6 is 0 Å². The standard InChI is InChI=1S/C16H14F2N4O2/c1-21-13(2-5-19-21)16(3-4-16)8-22-14(23)9-6-10(17)11(18)7-12(9)20-15(22)24/h2,5-7H,3-4,8H2,1H3,(H,20,24). The lowest BCUT2D eigenvalue weighted by molar-refractivity contribution is 0.483. The maximum absolute atomic E-state index is 13.5. The van der Waals surface area contributed by atoms with E-state index in [2.05, 4.69) is 10.1 Å². The van der Waals surface area contributed by atoms with Gasteiger partial charge in [-0.25, -0.2) is 13.6 Å². The predicted molar refractivity (Wildman–Crippen MR) is 82.9 cm³/mol. The molecule has 0 aliphatic heterocycles. The largest absolute Gasteiger partial charge is 0.328 e. The number of hydrogen-bond acceptors (Lipinski definition) is 3. The summed E-state index contributed by atoms with van der Waals surface area (Å²) in [6.07, 6.45) is 3.32. The molecule has 24 heavy (non-hydrogen) atoms. The molecular weight excluding hydrogens is 318 g/mol. The van der Waals surface area contributed by atoms with Gasteiger partial charge in [0.1, 0.15) is 0 Å². The minimum absolute atomic E-state index is 0.00877. The van der Waals surface area contributed by atoms with Crippen molar-refractivity contribution in [1.29, 1.82) is 0 Å². The Bertz CT molecular complexity index is 1080. The van der Waals surface area contributed by atoms with E-state index in [1.165, 1.54) is 0 Å². The Morgan fingerprint density at radius 3 is 2.58 bits per heavy atom. The van der Waals surface area contributed by atoms with E-state index in [4.69, 9.17) is 0 Å². The maximum Gasteiger partial charge on any atom is 0.328 e. The number of H-pyrrole nitrogens is 1. The molecule has 0 unspecified atom stereocenters. The van der Waals surface area contributed by atoms with Crippen LogP contribution in [0.4, 0.5) is 8.78 Å². The summed E-state index contributed by atoms with van der Waals surface area (Å²) >= 11 is 0. The lowest BCUT2D eigenvalue weighted by Gasteiger charge is -2.17. The Morgan fingerprint density at radius 1 is 1.25 bits per heavy atom. The van der Waals surface area contributed by atoms with Gasteiger partial charge in [0.2, 0.25) is 0 Å². The molecule has 8 heteroatoms. The third-order valence-electron chi connectivity index (χ3n) is 4.70. The van der Waals surface area contributed by atoms with Crippen LogP contribution in [0.25, 0.3) is 10.9 Å². The van der Waals surface area contributed by atoms with Crippen molar-refractivity contribution < 1.29 is 8.78 Å². The second-order valence-corrected chi connectivity index (χ2v) is 6.25. The SMILES string of the molecule is Cn1nccc1C1(Cn2c(=O)[nH]c3cc(F)c(F)cc3c2=O)CC1. The number of aromatic nitrogens is 4. The second-order valence-electron chi connectivity index (χ2n) is 6.25. The summed E-state index contributed by atoms with van der Waals surface area (Å²) < 4.78 is 29.5. The first-order chi connectivity index (χ1) is 11.4. The third kappa shape index (κ3) is 2.10. The van der Waals surface area contributed by atoms with Crippen molar-refractivity contribution in [3.05, 3.63) is 62.6 Å². The molecule has 6 nitrogen and oxygen atoms in total. The highest BCUT2D eigenvalue weighted by molar-refractivity contribution is 5.77. The lowest BCUT2D eigenvalue weighted by atomic mass is 10.0. The molecule has 1 fully saturated rings. The average molecular weight is 332 g/mol. The van der Waals surface area contributed by atoms with E-state index in [0.29, 0.717) is 0 Å². The fourth-order valence-corrected chi connectivity index (χ4v) is 3.23. The van der Waals surface area contributed by atoms with Crippen LogP contribution in [-0.2, 0) is 19.0 Å². The fourth-order valence-electron chi connectivity index (χ4n) is 3.23. The second kappa shape index (κ2) is 4.86. The molecule has 2 aromatic heterocycles. The molecule has 124 valence electrons. The molecule has 4 rings (SSSR count). The van der Waals surface area contributed by atoms with Crippen LogP contribution < -0.4 is 11.2 Å². The summed E-state index contributed by atoms with van der Waals surface area (Å²) in [7, 11) is 1.81. The summed E-state index contributed by atoms with van der Waals surface area (Å²) in [5.74, 6) is -2.23. The van der Waals surface area contributed by atoms with Crippen molar-refractivity contribution in [2.75, 3.05) is 0 Å². The average Bonchev–Trinajstić information content (AvgIpc) is 3.19.